The lowest BCUT2D eigenvalue weighted by atomic mass is 9.79. The van der Waals surface area contributed by atoms with Crippen molar-refractivity contribution in [3.8, 4) is 0 Å². The molecule has 0 nitrogen and oxygen atoms in total. The van der Waals surface area contributed by atoms with Crippen molar-refractivity contribution < 1.29 is 0 Å². The fraction of sp³-hybridized carbons (Fsp3) is 0.538. The molecule has 0 heterocycles. The molecule has 0 radical (unpaired) electrons. The molecule has 0 aliphatic heterocycles. The molecule has 0 aliphatic carbocycles. The summed E-state index contributed by atoms with van der Waals surface area (Å²) in [6.07, 6.45) is 1.01. The fourth-order valence-corrected chi connectivity index (χ4v) is 2.81. The zero-order chi connectivity index (χ0) is 11.6. The molecule has 0 unspecified atom stereocenters. The first-order chi connectivity index (χ1) is 6.88. The van der Waals surface area contributed by atoms with Crippen molar-refractivity contribution in [2.45, 2.75) is 39.5 Å². The zero-order valence-electron chi connectivity index (χ0n) is 9.82. The molecule has 1 rings (SSSR count). The minimum atomic E-state index is 0.164. The van der Waals surface area contributed by atoms with Crippen molar-refractivity contribution in [1.82, 2.24) is 0 Å². The van der Waals surface area contributed by atoms with Gasteiger partial charge in [0, 0.05) is 10.4 Å². The summed E-state index contributed by atoms with van der Waals surface area (Å²) in [5.74, 6) is 0.710. The van der Waals surface area contributed by atoms with Crippen molar-refractivity contribution in [2.24, 2.45) is 0 Å². The van der Waals surface area contributed by atoms with Gasteiger partial charge in [0.25, 0.3) is 0 Å². The van der Waals surface area contributed by atoms with Crippen LogP contribution >= 0.6 is 27.5 Å². The summed E-state index contributed by atoms with van der Waals surface area (Å²) in [6.45, 7) is 8.80. The Morgan fingerprint density at radius 2 is 1.80 bits per heavy atom. The number of rotatable bonds is 3. The maximum Gasteiger partial charge on any atom is 0.0231 e. The Morgan fingerprint density at radius 3 is 2.33 bits per heavy atom. The molecule has 2 heteroatoms. The van der Waals surface area contributed by atoms with E-state index in [-0.39, 0.29) is 5.41 Å². The predicted octanol–water partition coefficient (Wildman–Crippen LogP) is 4.97. The van der Waals surface area contributed by atoms with Crippen LogP contribution in [0.4, 0.5) is 0 Å². The van der Waals surface area contributed by atoms with Gasteiger partial charge in [-0.25, -0.2) is 0 Å². The topological polar surface area (TPSA) is 0 Å². The Hall–Kier alpha value is -0.0100. The lowest BCUT2D eigenvalue weighted by molar-refractivity contribution is 0.506. The van der Waals surface area contributed by atoms with Crippen LogP contribution in [0.5, 0.6) is 0 Å². The number of hydrogen-bond acceptors (Lipinski definition) is 0. The van der Waals surface area contributed by atoms with Crippen molar-refractivity contribution in [1.29, 1.82) is 0 Å². The van der Waals surface area contributed by atoms with Gasteiger partial charge in [0.15, 0.2) is 0 Å². The van der Waals surface area contributed by atoms with Gasteiger partial charge in [0.1, 0.15) is 0 Å². The van der Waals surface area contributed by atoms with E-state index in [1.54, 1.807) is 0 Å². The van der Waals surface area contributed by atoms with Crippen LogP contribution in [0, 0.1) is 13.8 Å². The molecule has 15 heavy (non-hydrogen) atoms. The van der Waals surface area contributed by atoms with Gasteiger partial charge in [-0.15, -0.1) is 11.6 Å². The molecule has 0 bridgehead atoms. The van der Waals surface area contributed by atoms with E-state index in [9.17, 15) is 0 Å². The highest BCUT2D eigenvalue weighted by Gasteiger charge is 2.22. The van der Waals surface area contributed by atoms with Crippen LogP contribution in [-0.2, 0) is 5.41 Å². The fourth-order valence-electron chi connectivity index (χ4n) is 1.88. The zero-order valence-corrected chi connectivity index (χ0v) is 12.2. The second kappa shape index (κ2) is 4.88. The number of halogens is 2. The molecular formula is C13H18BrCl. The van der Waals surface area contributed by atoms with Gasteiger partial charge in [-0.3, -0.25) is 0 Å². The highest BCUT2D eigenvalue weighted by molar-refractivity contribution is 9.10. The molecule has 1 aromatic rings. The Labute approximate surface area is 106 Å². The number of aryl methyl sites for hydroxylation is 2. The molecule has 0 fully saturated rings. The third-order valence-electron chi connectivity index (χ3n) is 2.95. The van der Waals surface area contributed by atoms with Gasteiger partial charge in [0.2, 0.25) is 0 Å². The van der Waals surface area contributed by atoms with Gasteiger partial charge in [0.05, 0.1) is 0 Å². The van der Waals surface area contributed by atoms with Crippen LogP contribution in [-0.4, -0.2) is 5.88 Å². The van der Waals surface area contributed by atoms with Gasteiger partial charge >= 0.3 is 0 Å². The van der Waals surface area contributed by atoms with Gasteiger partial charge in [-0.05, 0) is 48.4 Å². The smallest absolute Gasteiger partial charge is 0.0231 e. The average Bonchev–Trinajstić information content (AvgIpc) is 2.11. The van der Waals surface area contributed by atoms with Crippen LogP contribution < -0.4 is 0 Å². The summed E-state index contributed by atoms with van der Waals surface area (Å²) < 4.78 is 1.19. The molecule has 0 amide bonds. The van der Waals surface area contributed by atoms with Gasteiger partial charge in [-0.1, -0.05) is 35.8 Å². The Bertz CT molecular complexity index is 356. The van der Waals surface area contributed by atoms with E-state index >= 15 is 0 Å². The van der Waals surface area contributed by atoms with Gasteiger partial charge in [-0.2, -0.15) is 0 Å². The summed E-state index contributed by atoms with van der Waals surface area (Å²) in [5.41, 5.74) is 4.20. The van der Waals surface area contributed by atoms with E-state index in [1.807, 2.05) is 0 Å². The maximum atomic E-state index is 5.85. The minimum Gasteiger partial charge on any atom is -0.127 e. The quantitative estimate of drug-likeness (QED) is 0.689. The molecule has 1 aromatic carbocycles. The number of alkyl halides is 1. The molecule has 0 N–H and O–H groups in total. The molecule has 0 saturated heterocycles. The molecule has 0 saturated carbocycles. The molecule has 0 spiro atoms. The monoisotopic (exact) mass is 288 g/mol. The van der Waals surface area contributed by atoms with E-state index in [4.69, 9.17) is 11.6 Å². The van der Waals surface area contributed by atoms with Crippen LogP contribution in [0.3, 0.4) is 0 Å². The SMILES string of the molecule is Cc1cc(C(C)(C)CCCl)c(C)cc1Br. The number of benzene rings is 1. The van der Waals surface area contributed by atoms with E-state index in [1.165, 1.54) is 21.2 Å². The number of hydrogen-bond donors (Lipinski definition) is 0. The van der Waals surface area contributed by atoms with Crippen LogP contribution in [0.2, 0.25) is 0 Å². The standard InChI is InChI=1S/C13H18BrCl/c1-9-8-12(14)10(2)7-11(9)13(3,4)5-6-15/h7-8H,5-6H2,1-4H3. The summed E-state index contributed by atoms with van der Waals surface area (Å²) >= 11 is 9.41. The van der Waals surface area contributed by atoms with Crippen molar-refractivity contribution in [3.05, 3.63) is 33.3 Å². The minimum absolute atomic E-state index is 0.164. The third kappa shape index (κ3) is 2.98. The molecular weight excluding hydrogens is 271 g/mol. The Kier molecular flexibility index (Phi) is 4.25. The highest BCUT2D eigenvalue weighted by atomic mass is 79.9. The van der Waals surface area contributed by atoms with E-state index in [2.05, 4.69) is 55.8 Å². The lowest BCUT2D eigenvalue weighted by Crippen LogP contribution is -2.19. The van der Waals surface area contributed by atoms with Crippen molar-refractivity contribution in [3.63, 3.8) is 0 Å². The second-order valence-corrected chi connectivity index (χ2v) is 5.97. The van der Waals surface area contributed by atoms with Crippen LogP contribution in [0.25, 0.3) is 0 Å². The first kappa shape index (κ1) is 13.1. The second-order valence-electron chi connectivity index (χ2n) is 4.74. The Morgan fingerprint density at radius 1 is 1.20 bits per heavy atom. The molecule has 0 atom stereocenters. The Balaban J connectivity index is 3.19. The van der Waals surface area contributed by atoms with Crippen molar-refractivity contribution >= 4 is 27.5 Å². The largest absolute Gasteiger partial charge is 0.127 e. The predicted molar refractivity (Wildman–Crippen MR) is 72.0 cm³/mol. The third-order valence-corrected chi connectivity index (χ3v) is 4.00. The molecule has 84 valence electrons. The lowest BCUT2D eigenvalue weighted by Gasteiger charge is -2.27. The first-order valence-corrected chi connectivity index (χ1v) is 6.54. The van der Waals surface area contributed by atoms with Crippen LogP contribution in [0.15, 0.2) is 16.6 Å². The summed E-state index contributed by atoms with van der Waals surface area (Å²) in [5, 5.41) is 0. The van der Waals surface area contributed by atoms with Crippen LogP contribution in [0.1, 0.15) is 37.0 Å². The normalized spacial score (nSPS) is 11.9. The van der Waals surface area contributed by atoms with E-state index < -0.39 is 0 Å². The summed E-state index contributed by atoms with van der Waals surface area (Å²) in [7, 11) is 0. The molecule has 0 aliphatic rings. The van der Waals surface area contributed by atoms with E-state index in [0.717, 1.165) is 6.42 Å². The first-order valence-electron chi connectivity index (χ1n) is 5.21. The average molecular weight is 290 g/mol. The maximum absolute atomic E-state index is 5.85. The molecule has 0 aromatic heterocycles. The van der Waals surface area contributed by atoms with Gasteiger partial charge < -0.3 is 0 Å². The van der Waals surface area contributed by atoms with E-state index in [0.29, 0.717) is 5.88 Å². The summed E-state index contributed by atoms with van der Waals surface area (Å²) in [4.78, 5) is 0. The highest BCUT2D eigenvalue weighted by Crippen LogP contribution is 2.33. The summed E-state index contributed by atoms with van der Waals surface area (Å²) in [6, 6.07) is 4.46. The van der Waals surface area contributed by atoms with Crippen molar-refractivity contribution in [2.75, 3.05) is 5.88 Å².